The van der Waals surface area contributed by atoms with Crippen LogP contribution in [0.25, 0.3) is 6.08 Å². The summed E-state index contributed by atoms with van der Waals surface area (Å²) in [4.78, 5) is 40.3. The Morgan fingerprint density at radius 1 is 0.708 bits per heavy atom. The van der Waals surface area contributed by atoms with Crippen LogP contribution in [0.1, 0.15) is 31.8 Å². The molecule has 0 aliphatic rings. The number of carbonyl (C=O) groups is 3. The smallest absolute Gasteiger partial charge is 0.272 e. The summed E-state index contributed by atoms with van der Waals surface area (Å²) in [6, 6.07) is 38.0. The zero-order chi connectivity index (χ0) is 33.7. The van der Waals surface area contributed by atoms with Crippen LogP contribution in [0.4, 0.5) is 5.69 Å². The summed E-state index contributed by atoms with van der Waals surface area (Å²) < 4.78 is 16.5. The number of thioether (sulfide) groups is 1. The first kappa shape index (κ1) is 33.6. The van der Waals surface area contributed by atoms with E-state index in [0.717, 1.165) is 10.5 Å². The number of methoxy groups -OCH3 is 2. The van der Waals surface area contributed by atoms with Gasteiger partial charge in [0, 0.05) is 21.7 Å². The number of hydrogen-bond acceptors (Lipinski definition) is 7. The molecule has 0 fully saturated rings. The van der Waals surface area contributed by atoms with E-state index in [0.29, 0.717) is 46.2 Å². The number of rotatable bonds is 14. The third kappa shape index (κ3) is 9.37. The maximum Gasteiger partial charge on any atom is 0.272 e. The number of Topliss-reactive ketones (excluding diaryl/α,β-unsaturated/α-hetero) is 1. The molecule has 242 valence electrons. The minimum atomic E-state index is -0.507. The van der Waals surface area contributed by atoms with Crippen molar-refractivity contribution in [3.63, 3.8) is 0 Å². The molecule has 0 bridgehead atoms. The number of ketones is 1. The fourth-order valence-electron chi connectivity index (χ4n) is 4.61. The Hall–Kier alpha value is -5.80. The van der Waals surface area contributed by atoms with Gasteiger partial charge in [0.25, 0.3) is 11.8 Å². The van der Waals surface area contributed by atoms with Gasteiger partial charge in [-0.2, -0.15) is 0 Å². The highest BCUT2D eigenvalue weighted by molar-refractivity contribution is 8.00. The third-order valence-corrected chi connectivity index (χ3v) is 8.13. The molecular weight excluding hydrogens is 625 g/mol. The minimum Gasteiger partial charge on any atom is -0.493 e. The van der Waals surface area contributed by atoms with Gasteiger partial charge in [0.05, 0.1) is 20.0 Å². The molecule has 9 heteroatoms. The molecule has 0 unspecified atom stereocenters. The Bertz CT molecular complexity index is 1890. The van der Waals surface area contributed by atoms with Gasteiger partial charge < -0.3 is 24.8 Å². The molecule has 0 saturated heterocycles. The van der Waals surface area contributed by atoms with E-state index in [9.17, 15) is 14.4 Å². The summed E-state index contributed by atoms with van der Waals surface area (Å²) in [5, 5.41) is 5.64. The number of ether oxygens (including phenoxy) is 3. The Labute approximate surface area is 283 Å². The van der Waals surface area contributed by atoms with Crippen molar-refractivity contribution in [1.82, 2.24) is 5.32 Å². The van der Waals surface area contributed by atoms with E-state index in [4.69, 9.17) is 14.2 Å². The first-order chi connectivity index (χ1) is 23.4. The zero-order valence-corrected chi connectivity index (χ0v) is 27.3. The Morgan fingerprint density at radius 3 is 2.12 bits per heavy atom. The Morgan fingerprint density at radius 2 is 1.42 bits per heavy atom. The van der Waals surface area contributed by atoms with Crippen molar-refractivity contribution < 1.29 is 28.6 Å². The standard InChI is InChI=1S/C39H34N2O6S/c1-45-36-21-18-30(23-37(36)46-2)35(42)26-48-33-15-9-14-31(24-33)40-39(44)34(41-38(43)29-12-7-4-8-13-29)22-27-16-19-32(20-17-27)47-25-28-10-5-3-6-11-28/h3-24H,25-26H2,1-2H3,(H,40,44)(H,41,43)/b34-22-. The number of carbonyl (C=O) groups excluding carboxylic acids is 3. The maximum absolute atomic E-state index is 13.6. The molecule has 0 aliphatic carbocycles. The maximum atomic E-state index is 13.6. The number of nitrogens with one attached hydrogen (secondary N) is 2. The summed E-state index contributed by atoms with van der Waals surface area (Å²) in [6.07, 6.45) is 1.61. The molecule has 0 heterocycles. The van der Waals surface area contributed by atoms with Gasteiger partial charge >= 0.3 is 0 Å². The molecule has 2 amide bonds. The molecule has 2 N–H and O–H groups in total. The number of benzene rings is 5. The van der Waals surface area contributed by atoms with Crippen molar-refractivity contribution >= 4 is 41.1 Å². The fraction of sp³-hybridized carbons (Fsp3) is 0.103. The van der Waals surface area contributed by atoms with Gasteiger partial charge in [0.15, 0.2) is 17.3 Å². The van der Waals surface area contributed by atoms with E-state index in [-0.39, 0.29) is 17.2 Å². The van der Waals surface area contributed by atoms with Crippen LogP contribution in [-0.2, 0) is 11.4 Å². The molecule has 5 aromatic carbocycles. The van der Waals surface area contributed by atoms with E-state index in [1.165, 1.54) is 26.0 Å². The molecule has 0 radical (unpaired) electrons. The minimum absolute atomic E-state index is 0.0588. The van der Waals surface area contributed by atoms with Crippen molar-refractivity contribution in [3.05, 3.63) is 155 Å². The topological polar surface area (TPSA) is 103 Å². The second-order valence-electron chi connectivity index (χ2n) is 10.5. The number of amides is 2. The number of anilines is 1. The molecule has 5 rings (SSSR count). The van der Waals surface area contributed by atoms with E-state index in [1.54, 1.807) is 66.7 Å². The second-order valence-corrected chi connectivity index (χ2v) is 11.5. The predicted molar refractivity (Wildman–Crippen MR) is 189 cm³/mol. The summed E-state index contributed by atoms with van der Waals surface area (Å²) in [5.41, 5.74) is 3.23. The van der Waals surface area contributed by atoms with E-state index < -0.39 is 11.8 Å². The highest BCUT2D eigenvalue weighted by atomic mass is 32.2. The fourth-order valence-corrected chi connectivity index (χ4v) is 5.46. The van der Waals surface area contributed by atoms with Crippen molar-refractivity contribution in [3.8, 4) is 17.2 Å². The Kier molecular flexibility index (Phi) is 11.7. The molecule has 0 spiro atoms. The lowest BCUT2D eigenvalue weighted by Crippen LogP contribution is -2.30. The summed E-state index contributed by atoms with van der Waals surface area (Å²) in [6.45, 7) is 0.429. The first-order valence-corrected chi connectivity index (χ1v) is 16.0. The average Bonchev–Trinajstić information content (AvgIpc) is 3.13. The zero-order valence-electron chi connectivity index (χ0n) is 26.5. The lowest BCUT2D eigenvalue weighted by Gasteiger charge is -2.13. The largest absolute Gasteiger partial charge is 0.493 e. The van der Waals surface area contributed by atoms with Crippen LogP contribution in [0.5, 0.6) is 17.2 Å². The van der Waals surface area contributed by atoms with Crippen LogP contribution >= 0.6 is 11.8 Å². The molecule has 0 saturated carbocycles. The van der Waals surface area contributed by atoms with E-state index >= 15 is 0 Å². The third-order valence-electron chi connectivity index (χ3n) is 7.14. The SMILES string of the molecule is COc1ccc(C(=O)CSc2cccc(NC(=O)/C(=C/c3ccc(OCc4ccccc4)cc3)NC(=O)c3ccccc3)c2)cc1OC. The van der Waals surface area contributed by atoms with Crippen LogP contribution in [0.3, 0.4) is 0 Å². The van der Waals surface area contributed by atoms with Gasteiger partial charge in [-0.3, -0.25) is 14.4 Å². The normalized spacial score (nSPS) is 10.9. The molecule has 0 atom stereocenters. The van der Waals surface area contributed by atoms with Crippen LogP contribution in [0.15, 0.2) is 138 Å². The van der Waals surface area contributed by atoms with Crippen molar-refractivity contribution in [2.75, 3.05) is 25.3 Å². The van der Waals surface area contributed by atoms with Crippen LogP contribution in [-0.4, -0.2) is 37.6 Å². The quantitative estimate of drug-likeness (QED) is 0.0717. The average molecular weight is 659 g/mol. The van der Waals surface area contributed by atoms with Crippen LogP contribution in [0.2, 0.25) is 0 Å². The highest BCUT2D eigenvalue weighted by Crippen LogP contribution is 2.29. The predicted octanol–water partition coefficient (Wildman–Crippen LogP) is 7.67. The molecule has 8 nitrogen and oxygen atoms in total. The Balaban J connectivity index is 1.28. The summed E-state index contributed by atoms with van der Waals surface area (Å²) in [5.74, 6) is 0.868. The van der Waals surface area contributed by atoms with Crippen LogP contribution in [0, 0.1) is 0 Å². The van der Waals surface area contributed by atoms with Crippen LogP contribution < -0.4 is 24.8 Å². The van der Waals surface area contributed by atoms with E-state index in [1.807, 2.05) is 66.7 Å². The van der Waals surface area contributed by atoms with Gasteiger partial charge in [-0.25, -0.2) is 0 Å². The number of hydrogen-bond donors (Lipinski definition) is 2. The van der Waals surface area contributed by atoms with Gasteiger partial charge in [-0.05, 0) is 77.9 Å². The first-order valence-electron chi connectivity index (χ1n) is 15.1. The molecule has 5 aromatic rings. The summed E-state index contributed by atoms with van der Waals surface area (Å²) in [7, 11) is 3.06. The van der Waals surface area contributed by atoms with Gasteiger partial charge in [-0.1, -0.05) is 66.7 Å². The van der Waals surface area contributed by atoms with E-state index in [2.05, 4.69) is 10.6 Å². The van der Waals surface area contributed by atoms with Crippen molar-refractivity contribution in [2.45, 2.75) is 11.5 Å². The molecule has 0 aliphatic heterocycles. The molecule has 48 heavy (non-hydrogen) atoms. The highest BCUT2D eigenvalue weighted by Gasteiger charge is 2.16. The molecule has 0 aromatic heterocycles. The lowest BCUT2D eigenvalue weighted by atomic mass is 10.1. The lowest BCUT2D eigenvalue weighted by molar-refractivity contribution is -0.113. The van der Waals surface area contributed by atoms with Gasteiger partial charge in [0.2, 0.25) is 0 Å². The van der Waals surface area contributed by atoms with Crippen molar-refractivity contribution in [1.29, 1.82) is 0 Å². The van der Waals surface area contributed by atoms with Gasteiger partial charge in [0.1, 0.15) is 18.1 Å². The van der Waals surface area contributed by atoms with Gasteiger partial charge in [-0.15, -0.1) is 11.8 Å². The van der Waals surface area contributed by atoms with Crippen molar-refractivity contribution in [2.24, 2.45) is 0 Å². The second kappa shape index (κ2) is 16.7. The summed E-state index contributed by atoms with van der Waals surface area (Å²) >= 11 is 1.34. The molecular formula is C39H34N2O6S. The monoisotopic (exact) mass is 658 g/mol.